The average molecular weight is 259 g/mol. The average Bonchev–Trinajstić information content (AvgIpc) is 2.81. The zero-order valence-electron chi connectivity index (χ0n) is 10.6. The molecule has 1 aliphatic heterocycles. The Balaban J connectivity index is 1.80. The van der Waals surface area contributed by atoms with Crippen LogP contribution >= 0.6 is 0 Å². The van der Waals surface area contributed by atoms with E-state index in [9.17, 15) is 4.79 Å². The van der Waals surface area contributed by atoms with Crippen LogP contribution in [0.4, 0.5) is 11.6 Å². The number of aromatic nitrogens is 2. The van der Waals surface area contributed by atoms with Crippen LogP contribution in [0.15, 0.2) is 18.2 Å². The van der Waals surface area contributed by atoms with E-state index in [-0.39, 0.29) is 11.8 Å². The summed E-state index contributed by atoms with van der Waals surface area (Å²) < 4.78 is 0. The van der Waals surface area contributed by atoms with Gasteiger partial charge in [0, 0.05) is 24.7 Å². The van der Waals surface area contributed by atoms with Crippen LogP contribution in [0.5, 0.6) is 0 Å². The van der Waals surface area contributed by atoms with Crippen LogP contribution in [-0.4, -0.2) is 29.0 Å². The fourth-order valence-corrected chi connectivity index (χ4v) is 2.54. The molecule has 100 valence electrons. The number of benzene rings is 1. The van der Waals surface area contributed by atoms with E-state index in [1.54, 1.807) is 0 Å². The summed E-state index contributed by atoms with van der Waals surface area (Å²) in [6.45, 7) is 1.59. The number of H-pyrrole nitrogens is 1. The molecule has 19 heavy (non-hydrogen) atoms. The van der Waals surface area contributed by atoms with Gasteiger partial charge in [-0.1, -0.05) is 0 Å². The molecule has 0 bridgehead atoms. The van der Waals surface area contributed by atoms with Crippen molar-refractivity contribution < 1.29 is 4.79 Å². The molecule has 0 saturated carbocycles. The third-order valence-corrected chi connectivity index (χ3v) is 3.69. The molecule has 0 aliphatic carbocycles. The Kier molecular flexibility index (Phi) is 2.77. The van der Waals surface area contributed by atoms with Crippen LogP contribution in [-0.2, 0) is 4.79 Å². The van der Waals surface area contributed by atoms with Crippen molar-refractivity contribution in [1.82, 2.24) is 9.97 Å². The lowest BCUT2D eigenvalue weighted by Gasteiger charge is -2.30. The second-order valence-electron chi connectivity index (χ2n) is 5.00. The Morgan fingerprint density at radius 2 is 2.11 bits per heavy atom. The third kappa shape index (κ3) is 2.21. The van der Waals surface area contributed by atoms with Gasteiger partial charge in [-0.3, -0.25) is 4.79 Å². The number of piperidine rings is 1. The van der Waals surface area contributed by atoms with Crippen LogP contribution in [0.2, 0.25) is 0 Å². The molecule has 1 aromatic heterocycles. The first kappa shape index (κ1) is 11.8. The number of imidazole rings is 1. The van der Waals surface area contributed by atoms with Crippen molar-refractivity contribution in [2.75, 3.05) is 23.7 Å². The van der Waals surface area contributed by atoms with Gasteiger partial charge in [0.25, 0.3) is 0 Å². The number of primary amides is 1. The van der Waals surface area contributed by atoms with E-state index in [0.717, 1.165) is 48.6 Å². The van der Waals surface area contributed by atoms with E-state index in [0.29, 0.717) is 0 Å². The molecule has 0 spiro atoms. The molecule has 0 radical (unpaired) electrons. The molecule has 2 aromatic rings. The number of anilines is 2. The fourth-order valence-electron chi connectivity index (χ4n) is 2.54. The molecule has 1 aliphatic rings. The van der Waals surface area contributed by atoms with Gasteiger partial charge in [0.15, 0.2) is 0 Å². The summed E-state index contributed by atoms with van der Waals surface area (Å²) in [5.41, 5.74) is 13.6. The van der Waals surface area contributed by atoms with E-state index in [2.05, 4.69) is 14.9 Å². The van der Waals surface area contributed by atoms with Crippen LogP contribution in [0, 0.1) is 5.92 Å². The number of carbonyl (C=O) groups excluding carboxylic acids is 1. The Labute approximate surface area is 110 Å². The summed E-state index contributed by atoms with van der Waals surface area (Å²) >= 11 is 0. The number of aromatic amines is 1. The van der Waals surface area contributed by atoms with Gasteiger partial charge in [-0.05, 0) is 31.0 Å². The highest BCUT2D eigenvalue weighted by molar-refractivity contribution is 5.81. The lowest BCUT2D eigenvalue weighted by molar-refractivity contribution is -0.122. The summed E-state index contributed by atoms with van der Waals surface area (Å²) in [5, 5.41) is 0. The van der Waals surface area contributed by atoms with Gasteiger partial charge in [0.2, 0.25) is 11.9 Å². The first-order valence-corrected chi connectivity index (χ1v) is 6.43. The number of carbonyl (C=O) groups is 1. The van der Waals surface area contributed by atoms with Crippen LogP contribution in [0.3, 0.4) is 0 Å². The molecule has 1 fully saturated rings. The second kappa shape index (κ2) is 4.46. The SMILES string of the molecule is NC(=O)C1CCN(c2nc3ccc(N)cc3[nH]2)CC1. The van der Waals surface area contributed by atoms with Gasteiger partial charge in [0.05, 0.1) is 11.0 Å². The molecule has 6 heteroatoms. The molecule has 2 heterocycles. The maximum Gasteiger partial charge on any atom is 0.220 e. The molecule has 3 rings (SSSR count). The molecular formula is C13H17N5O. The monoisotopic (exact) mass is 259 g/mol. The van der Waals surface area contributed by atoms with E-state index in [1.165, 1.54) is 0 Å². The molecule has 6 nitrogen and oxygen atoms in total. The first-order valence-electron chi connectivity index (χ1n) is 6.43. The van der Waals surface area contributed by atoms with Gasteiger partial charge in [0.1, 0.15) is 0 Å². The topological polar surface area (TPSA) is 101 Å². The molecular weight excluding hydrogens is 242 g/mol. The number of nitrogens with one attached hydrogen (secondary N) is 1. The minimum atomic E-state index is -0.197. The number of rotatable bonds is 2. The minimum absolute atomic E-state index is 0.00345. The van der Waals surface area contributed by atoms with E-state index in [1.807, 2.05) is 18.2 Å². The lowest BCUT2D eigenvalue weighted by Crippen LogP contribution is -2.39. The highest BCUT2D eigenvalue weighted by atomic mass is 16.1. The summed E-state index contributed by atoms with van der Waals surface area (Å²) in [6, 6.07) is 5.62. The van der Waals surface area contributed by atoms with E-state index >= 15 is 0 Å². The Bertz CT molecular complexity index is 613. The molecule has 0 atom stereocenters. The first-order chi connectivity index (χ1) is 9.13. The Morgan fingerprint density at radius 1 is 1.37 bits per heavy atom. The van der Waals surface area contributed by atoms with Crippen molar-refractivity contribution in [3.05, 3.63) is 18.2 Å². The number of nitrogens with zero attached hydrogens (tertiary/aromatic N) is 2. The number of hydrogen-bond donors (Lipinski definition) is 3. The van der Waals surface area contributed by atoms with Crippen molar-refractivity contribution in [1.29, 1.82) is 0 Å². The fraction of sp³-hybridized carbons (Fsp3) is 0.385. The smallest absolute Gasteiger partial charge is 0.220 e. The molecule has 1 amide bonds. The number of amides is 1. The third-order valence-electron chi connectivity index (χ3n) is 3.69. The number of nitrogens with two attached hydrogens (primary N) is 2. The number of nitrogen functional groups attached to an aromatic ring is 1. The number of hydrogen-bond acceptors (Lipinski definition) is 4. The highest BCUT2D eigenvalue weighted by Crippen LogP contribution is 2.24. The van der Waals surface area contributed by atoms with Crippen LogP contribution in [0.1, 0.15) is 12.8 Å². The maximum atomic E-state index is 11.1. The molecule has 0 unspecified atom stereocenters. The van der Waals surface area contributed by atoms with Gasteiger partial charge in [-0.25, -0.2) is 4.98 Å². The Hall–Kier alpha value is -2.24. The standard InChI is InChI=1S/C13H17N5O/c14-9-1-2-10-11(7-9)17-13(16-10)18-5-3-8(4-6-18)12(15)19/h1-2,7-8H,3-6,14H2,(H2,15,19)(H,16,17). The van der Waals surface area contributed by atoms with E-state index in [4.69, 9.17) is 11.5 Å². The van der Waals surface area contributed by atoms with Crippen molar-refractivity contribution in [2.24, 2.45) is 11.7 Å². The quantitative estimate of drug-likeness (QED) is 0.696. The summed E-state index contributed by atoms with van der Waals surface area (Å²) in [7, 11) is 0. The van der Waals surface area contributed by atoms with Gasteiger partial charge < -0.3 is 21.4 Å². The predicted octanol–water partition coefficient (Wildman–Crippen LogP) is 0.847. The Morgan fingerprint density at radius 3 is 2.79 bits per heavy atom. The van der Waals surface area contributed by atoms with Crippen molar-refractivity contribution in [2.45, 2.75) is 12.8 Å². The lowest BCUT2D eigenvalue weighted by atomic mass is 9.97. The summed E-state index contributed by atoms with van der Waals surface area (Å²) in [5.74, 6) is 0.636. The largest absolute Gasteiger partial charge is 0.399 e. The summed E-state index contributed by atoms with van der Waals surface area (Å²) in [6.07, 6.45) is 1.57. The molecule has 1 aromatic carbocycles. The van der Waals surface area contributed by atoms with Crippen molar-refractivity contribution >= 4 is 28.6 Å². The van der Waals surface area contributed by atoms with Gasteiger partial charge >= 0.3 is 0 Å². The summed E-state index contributed by atoms with van der Waals surface area (Å²) in [4.78, 5) is 21.1. The normalized spacial score (nSPS) is 16.9. The zero-order chi connectivity index (χ0) is 13.4. The van der Waals surface area contributed by atoms with Gasteiger partial charge in [-0.15, -0.1) is 0 Å². The van der Waals surface area contributed by atoms with Crippen molar-refractivity contribution in [3.63, 3.8) is 0 Å². The second-order valence-corrected chi connectivity index (χ2v) is 5.00. The van der Waals surface area contributed by atoms with Crippen molar-refractivity contribution in [3.8, 4) is 0 Å². The van der Waals surface area contributed by atoms with Crippen LogP contribution < -0.4 is 16.4 Å². The zero-order valence-corrected chi connectivity index (χ0v) is 10.6. The van der Waals surface area contributed by atoms with Gasteiger partial charge in [-0.2, -0.15) is 0 Å². The maximum absolute atomic E-state index is 11.1. The van der Waals surface area contributed by atoms with E-state index < -0.39 is 0 Å². The minimum Gasteiger partial charge on any atom is -0.399 e. The van der Waals surface area contributed by atoms with Crippen LogP contribution in [0.25, 0.3) is 11.0 Å². The predicted molar refractivity (Wildman–Crippen MR) is 74.6 cm³/mol. The molecule has 1 saturated heterocycles. The highest BCUT2D eigenvalue weighted by Gasteiger charge is 2.24. The molecule has 5 N–H and O–H groups in total. The number of fused-ring (bicyclic) bond motifs is 1.